The van der Waals surface area contributed by atoms with Crippen molar-refractivity contribution in [1.82, 2.24) is 4.90 Å². The van der Waals surface area contributed by atoms with Crippen LogP contribution in [-0.2, 0) is 24.3 Å². The van der Waals surface area contributed by atoms with Crippen molar-refractivity contribution in [3.8, 4) is 0 Å². The molecule has 178 valence electrons. The van der Waals surface area contributed by atoms with E-state index in [-0.39, 0.29) is 24.4 Å². The molecule has 0 aliphatic carbocycles. The Hall–Kier alpha value is -4.26. The van der Waals surface area contributed by atoms with E-state index in [0.717, 1.165) is 5.56 Å². The van der Waals surface area contributed by atoms with E-state index in [9.17, 15) is 18.4 Å². The van der Waals surface area contributed by atoms with E-state index in [1.54, 1.807) is 66.7 Å². The van der Waals surface area contributed by atoms with Crippen LogP contribution in [0, 0.1) is 11.6 Å². The Labute approximate surface area is 202 Å². The number of hydrogen-bond acceptors (Lipinski definition) is 3. The molecule has 0 N–H and O–H groups in total. The van der Waals surface area contributed by atoms with Gasteiger partial charge in [-0.15, -0.1) is 0 Å². The Bertz CT molecular complexity index is 1300. The van der Waals surface area contributed by atoms with E-state index in [0.29, 0.717) is 23.6 Å². The van der Waals surface area contributed by atoms with Crippen molar-refractivity contribution in [2.24, 2.45) is 0 Å². The maximum absolute atomic E-state index is 13.8. The van der Waals surface area contributed by atoms with E-state index >= 15 is 0 Å². The van der Waals surface area contributed by atoms with E-state index in [1.807, 2.05) is 0 Å². The second kappa shape index (κ2) is 10.8. The number of amides is 2. The largest absolute Gasteiger partial charge is 0.467 e. The SMILES string of the molecule is CN(Cc1ccco1)C(=O)Cc1ccc(N(Cc2cccc(F)c2)C(=O)c2cccc(F)c2)cc1. The molecule has 7 heteroatoms. The predicted molar refractivity (Wildman–Crippen MR) is 129 cm³/mol. The number of likely N-dealkylation sites (N-methyl/N-ethyl adjacent to an activating group) is 1. The van der Waals surface area contributed by atoms with Gasteiger partial charge in [0.2, 0.25) is 5.91 Å². The van der Waals surface area contributed by atoms with Gasteiger partial charge in [-0.1, -0.05) is 30.3 Å². The van der Waals surface area contributed by atoms with Gasteiger partial charge in [0.15, 0.2) is 0 Å². The molecule has 0 spiro atoms. The lowest BCUT2D eigenvalue weighted by molar-refractivity contribution is -0.129. The van der Waals surface area contributed by atoms with Crippen LogP contribution in [0.5, 0.6) is 0 Å². The van der Waals surface area contributed by atoms with Crippen LogP contribution in [0.4, 0.5) is 14.5 Å². The first-order valence-corrected chi connectivity index (χ1v) is 11.1. The minimum absolute atomic E-state index is 0.0818. The fraction of sp³-hybridized carbons (Fsp3) is 0.143. The highest BCUT2D eigenvalue weighted by Crippen LogP contribution is 2.22. The van der Waals surface area contributed by atoms with Gasteiger partial charge in [0.05, 0.1) is 25.8 Å². The summed E-state index contributed by atoms with van der Waals surface area (Å²) in [6.07, 6.45) is 1.74. The van der Waals surface area contributed by atoms with Crippen LogP contribution in [0.1, 0.15) is 27.2 Å². The summed E-state index contributed by atoms with van der Waals surface area (Å²) in [5.41, 5.74) is 2.09. The summed E-state index contributed by atoms with van der Waals surface area (Å²) in [4.78, 5) is 28.9. The monoisotopic (exact) mass is 474 g/mol. The lowest BCUT2D eigenvalue weighted by Gasteiger charge is -2.24. The zero-order valence-electron chi connectivity index (χ0n) is 19.2. The summed E-state index contributed by atoms with van der Waals surface area (Å²) in [5, 5.41) is 0. The third-order valence-electron chi connectivity index (χ3n) is 5.55. The van der Waals surface area contributed by atoms with Crippen molar-refractivity contribution >= 4 is 17.5 Å². The van der Waals surface area contributed by atoms with Gasteiger partial charge in [0, 0.05) is 18.3 Å². The average molecular weight is 475 g/mol. The molecule has 5 nitrogen and oxygen atoms in total. The Balaban J connectivity index is 1.53. The predicted octanol–water partition coefficient (Wildman–Crippen LogP) is 5.61. The Kier molecular flexibility index (Phi) is 7.35. The molecule has 4 aromatic rings. The molecule has 0 radical (unpaired) electrons. The second-order valence-electron chi connectivity index (χ2n) is 8.20. The van der Waals surface area contributed by atoms with Gasteiger partial charge < -0.3 is 14.2 Å². The van der Waals surface area contributed by atoms with Gasteiger partial charge in [-0.3, -0.25) is 9.59 Å². The maximum atomic E-state index is 13.8. The number of carbonyl (C=O) groups excluding carboxylic acids is 2. The van der Waals surface area contributed by atoms with E-state index in [2.05, 4.69) is 0 Å². The summed E-state index contributed by atoms with van der Waals surface area (Å²) in [6, 6.07) is 22.0. The lowest BCUT2D eigenvalue weighted by Crippen LogP contribution is -2.30. The summed E-state index contributed by atoms with van der Waals surface area (Å²) >= 11 is 0. The fourth-order valence-corrected chi connectivity index (χ4v) is 3.70. The summed E-state index contributed by atoms with van der Waals surface area (Å²) in [6.45, 7) is 0.463. The molecule has 0 saturated carbocycles. The quantitative estimate of drug-likeness (QED) is 0.334. The summed E-state index contributed by atoms with van der Waals surface area (Å²) < 4.78 is 32.8. The molecular weight excluding hydrogens is 450 g/mol. The number of halogens is 2. The normalized spacial score (nSPS) is 10.7. The van der Waals surface area contributed by atoms with Crippen LogP contribution < -0.4 is 4.90 Å². The molecule has 2 amide bonds. The number of hydrogen-bond donors (Lipinski definition) is 0. The van der Waals surface area contributed by atoms with Gasteiger partial charge in [0.25, 0.3) is 5.91 Å². The Morgan fingerprint density at radius 3 is 2.17 bits per heavy atom. The Morgan fingerprint density at radius 2 is 1.51 bits per heavy atom. The van der Waals surface area contributed by atoms with Gasteiger partial charge in [-0.25, -0.2) is 8.78 Å². The van der Waals surface area contributed by atoms with Crippen molar-refractivity contribution in [2.75, 3.05) is 11.9 Å². The van der Waals surface area contributed by atoms with E-state index in [1.165, 1.54) is 41.3 Å². The molecule has 0 unspecified atom stereocenters. The van der Waals surface area contributed by atoms with Gasteiger partial charge in [-0.2, -0.15) is 0 Å². The van der Waals surface area contributed by atoms with Crippen LogP contribution >= 0.6 is 0 Å². The van der Waals surface area contributed by atoms with Crippen molar-refractivity contribution in [3.63, 3.8) is 0 Å². The van der Waals surface area contributed by atoms with Gasteiger partial charge in [-0.05, 0) is 65.7 Å². The summed E-state index contributed by atoms with van der Waals surface area (Å²) in [7, 11) is 1.71. The second-order valence-corrected chi connectivity index (χ2v) is 8.20. The average Bonchev–Trinajstić information content (AvgIpc) is 3.36. The van der Waals surface area contributed by atoms with Crippen molar-refractivity contribution in [2.45, 2.75) is 19.5 Å². The molecule has 3 aromatic carbocycles. The van der Waals surface area contributed by atoms with Crippen molar-refractivity contribution in [1.29, 1.82) is 0 Å². The van der Waals surface area contributed by atoms with E-state index < -0.39 is 17.5 Å². The molecule has 0 saturated heterocycles. The topological polar surface area (TPSA) is 53.8 Å². The summed E-state index contributed by atoms with van der Waals surface area (Å²) in [5.74, 6) is -0.736. The zero-order valence-corrected chi connectivity index (χ0v) is 19.2. The smallest absolute Gasteiger partial charge is 0.258 e. The van der Waals surface area contributed by atoms with Crippen molar-refractivity contribution in [3.05, 3.63) is 125 Å². The first-order chi connectivity index (χ1) is 16.9. The third-order valence-corrected chi connectivity index (χ3v) is 5.55. The van der Waals surface area contributed by atoms with Gasteiger partial charge >= 0.3 is 0 Å². The fourth-order valence-electron chi connectivity index (χ4n) is 3.70. The highest BCUT2D eigenvalue weighted by atomic mass is 19.1. The number of anilines is 1. The number of furan rings is 1. The van der Waals surface area contributed by atoms with E-state index in [4.69, 9.17) is 4.42 Å². The molecule has 0 aliphatic heterocycles. The third kappa shape index (κ3) is 6.20. The van der Waals surface area contributed by atoms with Crippen LogP contribution in [0.15, 0.2) is 95.6 Å². The molecule has 1 heterocycles. The molecule has 0 bridgehead atoms. The molecular formula is C28H24F2N2O3. The molecule has 1 aromatic heterocycles. The number of nitrogens with zero attached hydrogens (tertiary/aromatic N) is 2. The minimum Gasteiger partial charge on any atom is -0.467 e. The number of benzene rings is 3. The number of carbonyl (C=O) groups is 2. The molecule has 35 heavy (non-hydrogen) atoms. The van der Waals surface area contributed by atoms with Crippen molar-refractivity contribution < 1.29 is 22.8 Å². The highest BCUT2D eigenvalue weighted by molar-refractivity contribution is 6.06. The first kappa shape index (κ1) is 23.9. The molecule has 0 aliphatic rings. The van der Waals surface area contributed by atoms with Crippen LogP contribution in [0.2, 0.25) is 0 Å². The highest BCUT2D eigenvalue weighted by Gasteiger charge is 2.20. The van der Waals surface area contributed by atoms with Crippen LogP contribution in [-0.4, -0.2) is 23.8 Å². The molecule has 0 atom stereocenters. The molecule has 4 rings (SSSR count). The standard InChI is InChI=1S/C28H24F2N2O3/c1-31(19-26-9-4-14-35-26)27(33)16-20-10-12-25(13-11-20)32(18-21-5-2-7-23(29)15-21)28(34)22-6-3-8-24(30)17-22/h2-15,17H,16,18-19H2,1H3. The van der Waals surface area contributed by atoms with Crippen LogP contribution in [0.25, 0.3) is 0 Å². The number of rotatable bonds is 8. The molecule has 0 fully saturated rings. The minimum atomic E-state index is -0.519. The lowest BCUT2D eigenvalue weighted by atomic mass is 10.1. The zero-order chi connectivity index (χ0) is 24.8. The Morgan fingerprint density at radius 1 is 0.800 bits per heavy atom. The van der Waals surface area contributed by atoms with Crippen LogP contribution in [0.3, 0.4) is 0 Å². The maximum Gasteiger partial charge on any atom is 0.258 e. The van der Waals surface area contributed by atoms with Gasteiger partial charge in [0.1, 0.15) is 17.4 Å². The first-order valence-electron chi connectivity index (χ1n) is 11.1.